The first-order valence-corrected chi connectivity index (χ1v) is 6.49. The predicted octanol–water partition coefficient (Wildman–Crippen LogP) is 3.65. The highest BCUT2D eigenvalue weighted by Crippen LogP contribution is 2.26. The Morgan fingerprint density at radius 2 is 1.89 bits per heavy atom. The van der Waals surface area contributed by atoms with Gasteiger partial charge in [-0.05, 0) is 48.9 Å². The molecule has 0 aliphatic rings. The van der Waals surface area contributed by atoms with Crippen molar-refractivity contribution in [3.63, 3.8) is 0 Å². The normalized spacial score (nSPS) is 11.1. The van der Waals surface area contributed by atoms with Gasteiger partial charge in [-0.1, -0.05) is 23.7 Å². The van der Waals surface area contributed by atoms with Crippen LogP contribution in [0.25, 0.3) is 22.6 Å². The summed E-state index contributed by atoms with van der Waals surface area (Å²) in [6, 6.07) is 13.5. The molecule has 3 rings (SSSR count). The van der Waals surface area contributed by atoms with Crippen LogP contribution >= 0.6 is 11.6 Å². The molecule has 2 N–H and O–H groups in total. The van der Waals surface area contributed by atoms with E-state index >= 15 is 0 Å². The monoisotopic (exact) mass is 272 g/mol. The van der Waals surface area contributed by atoms with Crippen LogP contribution in [0.1, 0.15) is 5.56 Å². The van der Waals surface area contributed by atoms with Gasteiger partial charge in [0, 0.05) is 10.6 Å². The van der Waals surface area contributed by atoms with Crippen LogP contribution in [0, 0.1) is 0 Å². The summed E-state index contributed by atoms with van der Waals surface area (Å²) in [4.78, 5) is 4.44. The number of nitrogens with zero attached hydrogens (tertiary/aromatic N) is 1. The van der Waals surface area contributed by atoms with E-state index in [-0.39, 0.29) is 0 Å². The fraction of sp³-hybridized carbons (Fsp3) is 0.133. The molecule has 1 heterocycles. The summed E-state index contributed by atoms with van der Waals surface area (Å²) < 4.78 is 5.71. The Hall–Kier alpha value is -1.84. The molecule has 0 saturated carbocycles. The molecule has 19 heavy (non-hydrogen) atoms. The lowest BCUT2D eigenvalue weighted by Crippen LogP contribution is -2.02. The van der Waals surface area contributed by atoms with Crippen LogP contribution in [-0.2, 0) is 6.42 Å². The lowest BCUT2D eigenvalue weighted by atomic mass is 10.1. The molecular weight excluding hydrogens is 260 g/mol. The summed E-state index contributed by atoms with van der Waals surface area (Å²) >= 11 is 5.94. The van der Waals surface area contributed by atoms with Crippen molar-refractivity contribution in [1.82, 2.24) is 4.98 Å². The second-order valence-electron chi connectivity index (χ2n) is 4.37. The molecule has 0 aliphatic heterocycles. The van der Waals surface area contributed by atoms with Gasteiger partial charge in [0.25, 0.3) is 0 Å². The molecule has 96 valence electrons. The number of hydrogen-bond acceptors (Lipinski definition) is 3. The highest BCUT2D eigenvalue weighted by atomic mass is 35.5. The van der Waals surface area contributed by atoms with Gasteiger partial charge in [0.15, 0.2) is 5.58 Å². The molecule has 0 unspecified atom stereocenters. The van der Waals surface area contributed by atoms with Crippen LogP contribution < -0.4 is 5.73 Å². The summed E-state index contributed by atoms with van der Waals surface area (Å²) in [7, 11) is 0. The quantitative estimate of drug-likeness (QED) is 0.792. The van der Waals surface area contributed by atoms with Crippen molar-refractivity contribution in [3.05, 3.63) is 53.1 Å². The molecule has 0 spiro atoms. The smallest absolute Gasteiger partial charge is 0.227 e. The van der Waals surface area contributed by atoms with E-state index in [1.807, 2.05) is 30.3 Å². The highest BCUT2D eigenvalue weighted by molar-refractivity contribution is 6.31. The predicted molar refractivity (Wildman–Crippen MR) is 77.2 cm³/mol. The highest BCUT2D eigenvalue weighted by Gasteiger charge is 2.08. The van der Waals surface area contributed by atoms with E-state index in [2.05, 4.69) is 4.98 Å². The number of hydrogen-bond donors (Lipinski definition) is 1. The molecule has 3 aromatic rings. The third-order valence-electron chi connectivity index (χ3n) is 2.98. The number of rotatable bonds is 3. The lowest BCUT2D eigenvalue weighted by Gasteiger charge is -1.99. The fourth-order valence-electron chi connectivity index (χ4n) is 2.00. The van der Waals surface area contributed by atoms with E-state index in [0.717, 1.165) is 23.1 Å². The van der Waals surface area contributed by atoms with Crippen molar-refractivity contribution in [2.75, 3.05) is 6.54 Å². The zero-order chi connectivity index (χ0) is 13.2. The van der Waals surface area contributed by atoms with Gasteiger partial charge in [-0.3, -0.25) is 0 Å². The second kappa shape index (κ2) is 5.03. The maximum atomic E-state index is 5.94. The van der Waals surface area contributed by atoms with E-state index in [9.17, 15) is 0 Å². The molecule has 0 saturated heterocycles. The second-order valence-corrected chi connectivity index (χ2v) is 4.80. The summed E-state index contributed by atoms with van der Waals surface area (Å²) in [5.41, 5.74) is 9.21. The Kier molecular flexibility index (Phi) is 3.23. The number of nitrogens with two attached hydrogens (primary N) is 1. The number of aromatic nitrogens is 1. The first kappa shape index (κ1) is 12.2. The molecule has 0 fully saturated rings. The minimum Gasteiger partial charge on any atom is -0.436 e. The zero-order valence-corrected chi connectivity index (χ0v) is 11.0. The molecule has 0 radical (unpaired) electrons. The molecule has 3 nitrogen and oxygen atoms in total. The number of oxazole rings is 1. The minimum atomic E-state index is 0.608. The van der Waals surface area contributed by atoms with Crippen LogP contribution in [-0.4, -0.2) is 11.5 Å². The van der Waals surface area contributed by atoms with E-state index in [1.54, 1.807) is 12.1 Å². The minimum absolute atomic E-state index is 0.608. The maximum Gasteiger partial charge on any atom is 0.227 e. The van der Waals surface area contributed by atoms with Crippen LogP contribution in [0.5, 0.6) is 0 Å². The van der Waals surface area contributed by atoms with Gasteiger partial charge >= 0.3 is 0 Å². The molecule has 0 bridgehead atoms. The third kappa shape index (κ3) is 2.48. The van der Waals surface area contributed by atoms with Gasteiger partial charge in [0.1, 0.15) is 5.52 Å². The molecule has 0 aliphatic carbocycles. The van der Waals surface area contributed by atoms with E-state index in [0.29, 0.717) is 17.5 Å². The first-order chi connectivity index (χ1) is 9.26. The fourth-order valence-corrected chi connectivity index (χ4v) is 2.17. The van der Waals surface area contributed by atoms with Gasteiger partial charge in [0.05, 0.1) is 0 Å². The molecule has 0 amide bonds. The molecule has 2 aromatic carbocycles. The topological polar surface area (TPSA) is 52.0 Å². The summed E-state index contributed by atoms with van der Waals surface area (Å²) in [6.45, 7) is 0.654. The summed E-state index contributed by atoms with van der Waals surface area (Å²) in [5, 5.41) is 0.658. The number of halogens is 1. The number of benzene rings is 2. The van der Waals surface area contributed by atoms with Gasteiger partial charge in [0.2, 0.25) is 5.89 Å². The molecule has 0 atom stereocenters. The zero-order valence-electron chi connectivity index (χ0n) is 10.3. The van der Waals surface area contributed by atoms with Gasteiger partial charge in [-0.25, -0.2) is 4.98 Å². The van der Waals surface area contributed by atoms with Crippen molar-refractivity contribution in [1.29, 1.82) is 0 Å². The summed E-state index contributed by atoms with van der Waals surface area (Å²) in [5.74, 6) is 0.608. The lowest BCUT2D eigenvalue weighted by molar-refractivity contribution is 0.620. The Morgan fingerprint density at radius 3 is 2.63 bits per heavy atom. The average Bonchev–Trinajstić information content (AvgIpc) is 2.83. The Balaban J connectivity index is 1.99. The average molecular weight is 273 g/mol. The van der Waals surface area contributed by atoms with Crippen molar-refractivity contribution in [2.24, 2.45) is 5.73 Å². The van der Waals surface area contributed by atoms with Gasteiger partial charge < -0.3 is 10.2 Å². The third-order valence-corrected chi connectivity index (χ3v) is 3.22. The summed E-state index contributed by atoms with van der Waals surface area (Å²) in [6.07, 6.45) is 0.878. The van der Waals surface area contributed by atoms with E-state index in [4.69, 9.17) is 21.8 Å². The van der Waals surface area contributed by atoms with Crippen molar-refractivity contribution in [2.45, 2.75) is 6.42 Å². The van der Waals surface area contributed by atoms with Crippen LogP contribution in [0.15, 0.2) is 46.9 Å². The molecular formula is C15H13ClN2O. The SMILES string of the molecule is NCCc1ccc(-c2nc3cc(Cl)ccc3o2)cc1. The van der Waals surface area contributed by atoms with E-state index < -0.39 is 0 Å². The van der Waals surface area contributed by atoms with Crippen molar-refractivity contribution < 1.29 is 4.42 Å². The Bertz CT molecular complexity index is 704. The Labute approximate surface area is 116 Å². The molecule has 1 aromatic heterocycles. The maximum absolute atomic E-state index is 5.94. The number of fused-ring (bicyclic) bond motifs is 1. The van der Waals surface area contributed by atoms with Crippen LogP contribution in [0.3, 0.4) is 0 Å². The van der Waals surface area contributed by atoms with E-state index in [1.165, 1.54) is 5.56 Å². The molecule has 4 heteroatoms. The first-order valence-electron chi connectivity index (χ1n) is 6.12. The van der Waals surface area contributed by atoms with Crippen LogP contribution in [0.2, 0.25) is 5.02 Å². The Morgan fingerprint density at radius 1 is 1.11 bits per heavy atom. The standard InChI is InChI=1S/C15H13ClN2O/c16-12-5-6-14-13(9-12)18-15(19-14)11-3-1-10(2-4-11)7-8-17/h1-6,9H,7-8,17H2. The van der Waals surface area contributed by atoms with Gasteiger partial charge in [-0.2, -0.15) is 0 Å². The van der Waals surface area contributed by atoms with Crippen molar-refractivity contribution in [3.8, 4) is 11.5 Å². The van der Waals surface area contributed by atoms with Gasteiger partial charge in [-0.15, -0.1) is 0 Å². The van der Waals surface area contributed by atoms with Crippen LogP contribution in [0.4, 0.5) is 0 Å². The largest absolute Gasteiger partial charge is 0.436 e. The van der Waals surface area contributed by atoms with Crippen molar-refractivity contribution >= 4 is 22.7 Å².